The molecule has 1 aromatic carbocycles. The SMILES string of the molecule is CCc1cc(NC(=O)/C=C/c2ccc(F)c(Cl)c2)n[nH]1. The van der Waals surface area contributed by atoms with Crippen LogP contribution in [-0.2, 0) is 11.2 Å². The van der Waals surface area contributed by atoms with E-state index in [1.165, 1.54) is 24.3 Å². The molecule has 0 aliphatic carbocycles. The molecule has 0 spiro atoms. The predicted octanol–water partition coefficient (Wildman–Crippen LogP) is 3.42. The van der Waals surface area contributed by atoms with E-state index in [0.29, 0.717) is 11.4 Å². The minimum Gasteiger partial charge on any atom is -0.306 e. The zero-order valence-electron chi connectivity index (χ0n) is 10.8. The van der Waals surface area contributed by atoms with Gasteiger partial charge in [-0.15, -0.1) is 0 Å². The van der Waals surface area contributed by atoms with Gasteiger partial charge in [0.15, 0.2) is 5.82 Å². The van der Waals surface area contributed by atoms with Crippen molar-refractivity contribution >= 4 is 29.4 Å². The molecule has 6 heteroatoms. The van der Waals surface area contributed by atoms with Crippen LogP contribution in [0.5, 0.6) is 0 Å². The van der Waals surface area contributed by atoms with Crippen LogP contribution in [0.2, 0.25) is 5.02 Å². The highest BCUT2D eigenvalue weighted by Gasteiger charge is 2.03. The number of aromatic amines is 1. The Morgan fingerprint density at radius 1 is 1.50 bits per heavy atom. The van der Waals surface area contributed by atoms with Gasteiger partial charge in [-0.05, 0) is 30.2 Å². The van der Waals surface area contributed by atoms with E-state index in [0.717, 1.165) is 12.1 Å². The van der Waals surface area contributed by atoms with Gasteiger partial charge in [-0.25, -0.2) is 4.39 Å². The molecular weight excluding hydrogens is 281 g/mol. The number of aromatic nitrogens is 2. The first kappa shape index (κ1) is 14.3. The number of anilines is 1. The van der Waals surface area contributed by atoms with E-state index in [1.54, 1.807) is 12.1 Å². The fraction of sp³-hybridized carbons (Fsp3) is 0.143. The number of benzene rings is 1. The summed E-state index contributed by atoms with van der Waals surface area (Å²) in [4.78, 5) is 11.7. The first-order valence-electron chi connectivity index (χ1n) is 6.07. The average molecular weight is 294 g/mol. The zero-order valence-corrected chi connectivity index (χ0v) is 11.5. The van der Waals surface area contributed by atoms with Gasteiger partial charge in [0.2, 0.25) is 5.91 Å². The van der Waals surface area contributed by atoms with E-state index in [9.17, 15) is 9.18 Å². The van der Waals surface area contributed by atoms with Crippen molar-refractivity contribution in [2.45, 2.75) is 13.3 Å². The van der Waals surface area contributed by atoms with Gasteiger partial charge in [0.25, 0.3) is 0 Å². The monoisotopic (exact) mass is 293 g/mol. The summed E-state index contributed by atoms with van der Waals surface area (Å²) >= 11 is 5.65. The summed E-state index contributed by atoms with van der Waals surface area (Å²) < 4.78 is 13.0. The van der Waals surface area contributed by atoms with Crippen molar-refractivity contribution in [3.63, 3.8) is 0 Å². The van der Waals surface area contributed by atoms with E-state index in [2.05, 4.69) is 15.5 Å². The predicted molar refractivity (Wildman–Crippen MR) is 77.0 cm³/mol. The van der Waals surface area contributed by atoms with Crippen LogP contribution in [-0.4, -0.2) is 16.1 Å². The van der Waals surface area contributed by atoms with Crippen molar-refractivity contribution < 1.29 is 9.18 Å². The van der Waals surface area contributed by atoms with Gasteiger partial charge in [0.1, 0.15) is 5.82 Å². The maximum atomic E-state index is 13.0. The summed E-state index contributed by atoms with van der Waals surface area (Å²) in [6, 6.07) is 6.00. The molecule has 104 valence electrons. The molecule has 1 aromatic heterocycles. The van der Waals surface area contributed by atoms with E-state index in [1.807, 2.05) is 6.92 Å². The van der Waals surface area contributed by atoms with Crippen LogP contribution in [0.25, 0.3) is 6.08 Å². The molecule has 0 atom stereocenters. The number of H-pyrrole nitrogens is 1. The number of halogens is 2. The molecule has 0 saturated carbocycles. The lowest BCUT2D eigenvalue weighted by Crippen LogP contribution is -2.07. The molecule has 4 nitrogen and oxygen atoms in total. The van der Waals surface area contributed by atoms with Gasteiger partial charge in [-0.2, -0.15) is 5.10 Å². The Balaban J connectivity index is 1.99. The summed E-state index contributed by atoms with van der Waals surface area (Å²) in [5.74, 6) is -0.342. The van der Waals surface area contributed by atoms with Gasteiger partial charge in [0, 0.05) is 17.8 Å². The molecule has 0 aliphatic heterocycles. The summed E-state index contributed by atoms with van der Waals surface area (Å²) in [5.41, 5.74) is 1.58. The lowest BCUT2D eigenvalue weighted by atomic mass is 10.2. The molecule has 2 aromatic rings. The molecule has 2 N–H and O–H groups in total. The molecular formula is C14H13ClFN3O. The molecule has 20 heavy (non-hydrogen) atoms. The Kier molecular flexibility index (Phi) is 4.53. The Morgan fingerprint density at radius 2 is 2.30 bits per heavy atom. The summed E-state index contributed by atoms with van der Waals surface area (Å²) in [5, 5.41) is 9.39. The third-order valence-electron chi connectivity index (χ3n) is 2.63. The number of hydrogen-bond acceptors (Lipinski definition) is 2. The minimum atomic E-state index is -0.489. The molecule has 0 aliphatic rings. The Labute approximate surface area is 120 Å². The number of amides is 1. The maximum Gasteiger partial charge on any atom is 0.249 e. The van der Waals surface area contributed by atoms with Crippen molar-refractivity contribution in [2.75, 3.05) is 5.32 Å². The number of nitrogens with zero attached hydrogens (tertiary/aromatic N) is 1. The summed E-state index contributed by atoms with van der Waals surface area (Å²) in [6.45, 7) is 1.98. The van der Waals surface area contributed by atoms with Crippen LogP contribution < -0.4 is 5.32 Å². The lowest BCUT2D eigenvalue weighted by molar-refractivity contribution is -0.111. The van der Waals surface area contributed by atoms with Gasteiger partial charge in [-0.3, -0.25) is 9.89 Å². The second kappa shape index (κ2) is 6.34. The van der Waals surface area contributed by atoms with Gasteiger partial charge >= 0.3 is 0 Å². The van der Waals surface area contributed by atoms with E-state index < -0.39 is 5.82 Å². The highest BCUT2D eigenvalue weighted by Crippen LogP contribution is 2.16. The molecule has 1 amide bonds. The van der Waals surface area contributed by atoms with E-state index in [4.69, 9.17) is 11.6 Å². The largest absolute Gasteiger partial charge is 0.306 e. The van der Waals surface area contributed by atoms with Gasteiger partial charge < -0.3 is 5.32 Å². The minimum absolute atomic E-state index is 0.0208. The second-order valence-electron chi connectivity index (χ2n) is 4.13. The average Bonchev–Trinajstić information content (AvgIpc) is 2.88. The maximum absolute atomic E-state index is 13.0. The Bertz CT molecular complexity index is 652. The number of carbonyl (C=O) groups is 1. The smallest absolute Gasteiger partial charge is 0.249 e. The molecule has 2 rings (SSSR count). The fourth-order valence-corrected chi connectivity index (χ4v) is 1.75. The molecule has 0 bridgehead atoms. The van der Waals surface area contributed by atoms with Gasteiger partial charge in [0.05, 0.1) is 5.02 Å². The Hall–Kier alpha value is -2.14. The quantitative estimate of drug-likeness (QED) is 0.849. The van der Waals surface area contributed by atoms with Crippen LogP contribution in [0.3, 0.4) is 0 Å². The van der Waals surface area contributed by atoms with Crippen LogP contribution in [0.15, 0.2) is 30.3 Å². The lowest BCUT2D eigenvalue weighted by Gasteiger charge is -1.97. The van der Waals surface area contributed by atoms with Crippen molar-refractivity contribution in [2.24, 2.45) is 0 Å². The van der Waals surface area contributed by atoms with Crippen LogP contribution >= 0.6 is 11.6 Å². The number of nitrogens with one attached hydrogen (secondary N) is 2. The third-order valence-corrected chi connectivity index (χ3v) is 2.92. The number of rotatable bonds is 4. The standard InChI is InChI=1S/C14H13ClFN3O/c1-2-10-8-13(19-18-10)17-14(20)6-4-9-3-5-12(16)11(15)7-9/h3-8H,2H2,1H3,(H2,17,18,19,20)/b6-4+. The normalized spacial score (nSPS) is 10.9. The number of carbonyl (C=O) groups excluding carboxylic acids is 1. The summed E-state index contributed by atoms with van der Waals surface area (Å²) in [7, 11) is 0. The highest BCUT2D eigenvalue weighted by atomic mass is 35.5. The van der Waals surface area contributed by atoms with E-state index in [-0.39, 0.29) is 10.9 Å². The number of hydrogen-bond donors (Lipinski definition) is 2. The number of aryl methyl sites for hydroxylation is 1. The van der Waals surface area contributed by atoms with E-state index >= 15 is 0 Å². The van der Waals surface area contributed by atoms with Crippen LogP contribution in [0.1, 0.15) is 18.2 Å². The first-order chi connectivity index (χ1) is 9.58. The van der Waals surface area contributed by atoms with Crippen molar-refractivity contribution in [3.8, 4) is 0 Å². The molecule has 0 unspecified atom stereocenters. The Morgan fingerprint density at radius 3 is 2.95 bits per heavy atom. The third kappa shape index (κ3) is 3.68. The zero-order chi connectivity index (χ0) is 14.5. The summed E-state index contributed by atoms with van der Waals surface area (Å²) in [6.07, 6.45) is 3.70. The first-order valence-corrected chi connectivity index (χ1v) is 6.44. The second-order valence-corrected chi connectivity index (χ2v) is 4.54. The van der Waals surface area contributed by atoms with Crippen molar-refractivity contribution in [1.82, 2.24) is 10.2 Å². The molecule has 1 heterocycles. The molecule has 0 fully saturated rings. The van der Waals surface area contributed by atoms with Crippen LogP contribution in [0, 0.1) is 5.82 Å². The highest BCUT2D eigenvalue weighted by molar-refractivity contribution is 6.30. The van der Waals surface area contributed by atoms with Gasteiger partial charge in [-0.1, -0.05) is 24.6 Å². The van der Waals surface area contributed by atoms with Crippen LogP contribution in [0.4, 0.5) is 10.2 Å². The van der Waals surface area contributed by atoms with Crippen molar-refractivity contribution in [3.05, 3.63) is 52.4 Å². The fourth-order valence-electron chi connectivity index (χ4n) is 1.56. The molecule has 0 radical (unpaired) electrons. The topological polar surface area (TPSA) is 57.8 Å². The van der Waals surface area contributed by atoms with Crippen molar-refractivity contribution in [1.29, 1.82) is 0 Å². The molecule has 0 saturated heterocycles.